The van der Waals surface area contributed by atoms with Gasteiger partial charge in [-0.3, -0.25) is 10.1 Å². The van der Waals surface area contributed by atoms with Crippen LogP contribution in [0.1, 0.15) is 18.4 Å². The number of rotatable bonds is 3. The minimum atomic E-state index is -0.895. The third-order valence-corrected chi connectivity index (χ3v) is 3.05. The smallest absolute Gasteiger partial charge is 0.224 e. The fraction of sp³-hybridized carbons (Fsp3) is 0.462. The van der Waals surface area contributed by atoms with E-state index in [1.807, 2.05) is 30.3 Å². The van der Waals surface area contributed by atoms with E-state index in [0.29, 0.717) is 19.3 Å². The second-order valence-electron chi connectivity index (χ2n) is 4.54. The molecule has 98 valence electrons. The molecule has 1 aromatic rings. The molecule has 18 heavy (non-hydrogen) atoms. The van der Waals surface area contributed by atoms with E-state index in [-0.39, 0.29) is 11.9 Å². The second kappa shape index (κ2) is 5.95. The summed E-state index contributed by atoms with van der Waals surface area (Å²) in [4.78, 5) is 11.8. The van der Waals surface area contributed by atoms with Crippen molar-refractivity contribution in [1.82, 2.24) is 10.6 Å². The Hall–Kier alpha value is -1.43. The molecule has 2 rings (SSSR count). The highest BCUT2D eigenvalue weighted by atomic mass is 16.3. The highest BCUT2D eigenvalue weighted by Crippen LogP contribution is 2.11. The van der Waals surface area contributed by atoms with Gasteiger partial charge in [0.05, 0.1) is 12.5 Å². The summed E-state index contributed by atoms with van der Waals surface area (Å²) in [6.45, 7) is 0. The zero-order chi connectivity index (χ0) is 13.0. The second-order valence-corrected chi connectivity index (χ2v) is 4.54. The first-order chi connectivity index (χ1) is 8.65. The monoisotopic (exact) mass is 250 g/mol. The maximum Gasteiger partial charge on any atom is 0.224 e. The fourth-order valence-corrected chi connectivity index (χ4v) is 2.08. The predicted octanol–water partition coefficient (Wildman–Crippen LogP) is -0.266. The number of aliphatic hydroxyl groups is 2. The van der Waals surface area contributed by atoms with E-state index in [1.165, 1.54) is 0 Å². The van der Waals surface area contributed by atoms with Crippen molar-refractivity contribution in [3.05, 3.63) is 35.9 Å². The maximum atomic E-state index is 11.8. The molecule has 0 aliphatic carbocycles. The van der Waals surface area contributed by atoms with E-state index < -0.39 is 12.5 Å². The number of piperidine rings is 1. The molecular formula is C13H18N2O3. The summed E-state index contributed by atoms with van der Waals surface area (Å²) in [6, 6.07) is 9.10. The summed E-state index contributed by atoms with van der Waals surface area (Å²) in [6.07, 6.45) is -0.203. The molecule has 1 amide bonds. The van der Waals surface area contributed by atoms with Crippen LogP contribution in [0.3, 0.4) is 0 Å². The highest BCUT2D eigenvalue weighted by Gasteiger charge is 2.28. The van der Waals surface area contributed by atoms with Crippen LogP contribution in [0.15, 0.2) is 30.3 Å². The lowest BCUT2D eigenvalue weighted by Crippen LogP contribution is -2.57. The number of hydrogen-bond acceptors (Lipinski definition) is 4. The molecule has 4 N–H and O–H groups in total. The van der Waals surface area contributed by atoms with Gasteiger partial charge in [-0.15, -0.1) is 0 Å². The lowest BCUT2D eigenvalue weighted by Gasteiger charge is -2.32. The largest absolute Gasteiger partial charge is 0.379 e. The van der Waals surface area contributed by atoms with Gasteiger partial charge in [-0.2, -0.15) is 0 Å². The molecule has 1 aromatic carbocycles. The van der Waals surface area contributed by atoms with E-state index in [9.17, 15) is 15.0 Å². The van der Waals surface area contributed by atoms with Gasteiger partial charge >= 0.3 is 0 Å². The summed E-state index contributed by atoms with van der Waals surface area (Å²) in [5, 5.41) is 24.3. The van der Waals surface area contributed by atoms with E-state index in [0.717, 1.165) is 5.56 Å². The van der Waals surface area contributed by atoms with E-state index in [2.05, 4.69) is 10.6 Å². The van der Waals surface area contributed by atoms with E-state index in [4.69, 9.17) is 0 Å². The van der Waals surface area contributed by atoms with Crippen molar-refractivity contribution in [2.75, 3.05) is 0 Å². The van der Waals surface area contributed by atoms with Crippen molar-refractivity contribution >= 4 is 5.91 Å². The summed E-state index contributed by atoms with van der Waals surface area (Å²) in [7, 11) is 0. The molecule has 1 heterocycles. The van der Waals surface area contributed by atoms with Gasteiger partial charge in [0.1, 0.15) is 12.5 Å². The zero-order valence-corrected chi connectivity index (χ0v) is 10.0. The van der Waals surface area contributed by atoms with Crippen molar-refractivity contribution in [2.45, 2.75) is 37.8 Å². The van der Waals surface area contributed by atoms with Crippen LogP contribution in [0.5, 0.6) is 0 Å². The summed E-state index contributed by atoms with van der Waals surface area (Å²) in [5.74, 6) is -0.122. The zero-order valence-electron chi connectivity index (χ0n) is 10.0. The summed E-state index contributed by atoms with van der Waals surface area (Å²) < 4.78 is 0. The molecule has 1 aliphatic rings. The van der Waals surface area contributed by atoms with Crippen molar-refractivity contribution in [2.24, 2.45) is 0 Å². The minimum Gasteiger partial charge on any atom is -0.379 e. The Balaban J connectivity index is 1.84. The molecule has 1 saturated heterocycles. The topological polar surface area (TPSA) is 81.6 Å². The average molecular weight is 250 g/mol. The Morgan fingerprint density at radius 2 is 2.00 bits per heavy atom. The molecule has 3 atom stereocenters. The van der Waals surface area contributed by atoms with Crippen molar-refractivity contribution in [3.8, 4) is 0 Å². The van der Waals surface area contributed by atoms with Crippen molar-refractivity contribution < 1.29 is 15.0 Å². The first-order valence-corrected chi connectivity index (χ1v) is 6.10. The number of carbonyl (C=O) groups is 1. The standard InChI is InChI=1S/C13H18N2O3/c16-11-7-6-10(13(18)15-11)14-12(17)8-9-4-2-1-3-5-9/h1-5,10-11,13,15-16,18H,6-8H2,(H,14,17). The SMILES string of the molecule is O=C(Cc1ccccc1)NC1CCC(O)NC1O. The number of benzene rings is 1. The maximum absolute atomic E-state index is 11.8. The molecule has 1 aliphatic heterocycles. The molecular weight excluding hydrogens is 232 g/mol. The fourth-order valence-electron chi connectivity index (χ4n) is 2.08. The number of amides is 1. The molecule has 0 spiro atoms. The first kappa shape index (κ1) is 13.0. The number of aliphatic hydroxyl groups excluding tert-OH is 2. The molecule has 1 fully saturated rings. The van der Waals surface area contributed by atoms with Crippen LogP contribution < -0.4 is 10.6 Å². The van der Waals surface area contributed by atoms with Gasteiger partial charge in [0.15, 0.2) is 0 Å². The molecule has 0 saturated carbocycles. The van der Waals surface area contributed by atoms with Gasteiger partial charge in [-0.1, -0.05) is 30.3 Å². The summed E-state index contributed by atoms with van der Waals surface area (Å²) >= 11 is 0. The van der Waals surface area contributed by atoms with Gasteiger partial charge in [0.25, 0.3) is 0 Å². The van der Waals surface area contributed by atoms with Crippen LogP contribution in [-0.4, -0.2) is 34.6 Å². The van der Waals surface area contributed by atoms with Gasteiger partial charge in [-0.05, 0) is 18.4 Å². The van der Waals surface area contributed by atoms with Gasteiger partial charge < -0.3 is 15.5 Å². The third-order valence-electron chi connectivity index (χ3n) is 3.05. The molecule has 5 heteroatoms. The quantitative estimate of drug-likeness (QED) is 0.595. The Kier molecular flexibility index (Phi) is 4.30. The van der Waals surface area contributed by atoms with Crippen LogP contribution in [0, 0.1) is 0 Å². The lowest BCUT2D eigenvalue weighted by molar-refractivity contribution is -0.123. The first-order valence-electron chi connectivity index (χ1n) is 6.10. The van der Waals surface area contributed by atoms with Crippen LogP contribution in [0.25, 0.3) is 0 Å². The molecule has 3 unspecified atom stereocenters. The Morgan fingerprint density at radius 3 is 2.67 bits per heavy atom. The molecule has 0 radical (unpaired) electrons. The van der Waals surface area contributed by atoms with Crippen LogP contribution >= 0.6 is 0 Å². The van der Waals surface area contributed by atoms with Gasteiger partial charge in [0, 0.05) is 0 Å². The minimum absolute atomic E-state index is 0.122. The molecule has 0 aromatic heterocycles. The average Bonchev–Trinajstić information content (AvgIpc) is 2.34. The predicted molar refractivity (Wildman–Crippen MR) is 66.5 cm³/mol. The number of hydrogen-bond donors (Lipinski definition) is 4. The van der Waals surface area contributed by atoms with Gasteiger partial charge in [0.2, 0.25) is 5.91 Å². The normalized spacial score (nSPS) is 27.8. The Morgan fingerprint density at radius 1 is 1.28 bits per heavy atom. The molecule has 5 nitrogen and oxygen atoms in total. The highest BCUT2D eigenvalue weighted by molar-refractivity contribution is 5.78. The van der Waals surface area contributed by atoms with Crippen molar-refractivity contribution in [3.63, 3.8) is 0 Å². The van der Waals surface area contributed by atoms with E-state index in [1.54, 1.807) is 0 Å². The Bertz CT molecular complexity index is 396. The number of carbonyl (C=O) groups excluding carboxylic acids is 1. The van der Waals surface area contributed by atoms with Crippen LogP contribution in [0.4, 0.5) is 0 Å². The molecule has 0 bridgehead atoms. The lowest BCUT2D eigenvalue weighted by atomic mass is 10.0. The Labute approximate surface area is 106 Å². The van der Waals surface area contributed by atoms with Gasteiger partial charge in [-0.25, -0.2) is 0 Å². The van der Waals surface area contributed by atoms with Crippen molar-refractivity contribution in [1.29, 1.82) is 0 Å². The van der Waals surface area contributed by atoms with E-state index >= 15 is 0 Å². The number of nitrogens with one attached hydrogen (secondary N) is 2. The third kappa shape index (κ3) is 3.53. The van der Waals surface area contributed by atoms with Crippen LogP contribution in [0.2, 0.25) is 0 Å². The van der Waals surface area contributed by atoms with Crippen LogP contribution in [-0.2, 0) is 11.2 Å². The summed E-state index contributed by atoms with van der Waals surface area (Å²) in [5.41, 5.74) is 0.938.